The minimum Gasteiger partial charge on any atom is -0.325 e. The van der Waals surface area contributed by atoms with Gasteiger partial charge >= 0.3 is 0 Å². The number of pyridine rings is 2. The van der Waals surface area contributed by atoms with Crippen LogP contribution in [-0.2, 0) is 6.54 Å². The van der Waals surface area contributed by atoms with Crippen molar-refractivity contribution in [3.05, 3.63) is 54.1 Å². The molecular formula is C13H14N4O. The van der Waals surface area contributed by atoms with Crippen molar-refractivity contribution in [2.24, 2.45) is 5.73 Å². The lowest BCUT2D eigenvalue weighted by Crippen LogP contribution is -2.26. The van der Waals surface area contributed by atoms with Gasteiger partial charge in [0, 0.05) is 31.5 Å². The molecule has 5 nitrogen and oxygen atoms in total. The number of aromatic nitrogens is 2. The Balaban J connectivity index is 2.25. The van der Waals surface area contributed by atoms with Gasteiger partial charge in [-0.25, -0.2) is 0 Å². The number of amides is 1. The predicted molar refractivity (Wildman–Crippen MR) is 69.1 cm³/mol. The van der Waals surface area contributed by atoms with Gasteiger partial charge in [-0.15, -0.1) is 0 Å². The van der Waals surface area contributed by atoms with Crippen molar-refractivity contribution in [2.45, 2.75) is 6.54 Å². The third-order valence-corrected chi connectivity index (χ3v) is 2.61. The number of carbonyl (C=O) groups excluding carboxylic acids is 1. The van der Waals surface area contributed by atoms with E-state index in [2.05, 4.69) is 9.97 Å². The fraction of sp³-hybridized carbons (Fsp3) is 0.154. The highest BCUT2D eigenvalue weighted by Crippen LogP contribution is 2.13. The van der Waals surface area contributed by atoms with Gasteiger partial charge in [-0.05, 0) is 24.3 Å². The van der Waals surface area contributed by atoms with Crippen molar-refractivity contribution in [2.75, 3.05) is 11.9 Å². The molecule has 2 aromatic heterocycles. The molecule has 0 bridgehead atoms. The summed E-state index contributed by atoms with van der Waals surface area (Å²) in [5, 5.41) is 0. The van der Waals surface area contributed by atoms with E-state index in [1.54, 1.807) is 48.7 Å². The van der Waals surface area contributed by atoms with Gasteiger partial charge in [0.05, 0.1) is 17.6 Å². The number of hydrogen-bond donors (Lipinski definition) is 1. The lowest BCUT2D eigenvalue weighted by atomic mass is 10.2. The average Bonchev–Trinajstić information content (AvgIpc) is 2.46. The fourth-order valence-electron chi connectivity index (χ4n) is 1.59. The Morgan fingerprint density at radius 1 is 1.39 bits per heavy atom. The summed E-state index contributed by atoms with van der Waals surface area (Å²) in [4.78, 5) is 21.8. The fourth-order valence-corrected chi connectivity index (χ4v) is 1.59. The van der Waals surface area contributed by atoms with Crippen molar-refractivity contribution in [1.82, 2.24) is 9.97 Å². The van der Waals surface area contributed by atoms with Gasteiger partial charge in [0.15, 0.2) is 0 Å². The van der Waals surface area contributed by atoms with E-state index >= 15 is 0 Å². The summed E-state index contributed by atoms with van der Waals surface area (Å²) in [5.74, 6) is -0.111. The van der Waals surface area contributed by atoms with Crippen molar-refractivity contribution in [1.29, 1.82) is 0 Å². The highest BCUT2D eigenvalue weighted by Gasteiger charge is 2.13. The Morgan fingerprint density at radius 3 is 2.89 bits per heavy atom. The minimum absolute atomic E-state index is 0.111. The Bertz CT molecular complexity index is 542. The van der Waals surface area contributed by atoms with Crippen LogP contribution in [0.4, 0.5) is 5.69 Å². The second-order valence-electron chi connectivity index (χ2n) is 3.82. The van der Waals surface area contributed by atoms with Gasteiger partial charge in [0.2, 0.25) is 0 Å². The summed E-state index contributed by atoms with van der Waals surface area (Å²) in [6.45, 7) is 0.317. The van der Waals surface area contributed by atoms with E-state index in [1.807, 2.05) is 6.07 Å². The second-order valence-corrected chi connectivity index (χ2v) is 3.82. The maximum absolute atomic E-state index is 12.2. The highest BCUT2D eigenvalue weighted by atomic mass is 16.2. The predicted octanol–water partition coefficient (Wildman–Crippen LogP) is 1.21. The number of anilines is 1. The van der Waals surface area contributed by atoms with Crippen molar-refractivity contribution in [3.63, 3.8) is 0 Å². The molecule has 0 atom stereocenters. The van der Waals surface area contributed by atoms with Crippen LogP contribution in [0.1, 0.15) is 16.1 Å². The van der Waals surface area contributed by atoms with Crippen LogP contribution < -0.4 is 10.6 Å². The molecule has 2 heterocycles. The topological polar surface area (TPSA) is 72.1 Å². The van der Waals surface area contributed by atoms with Crippen LogP contribution in [0, 0.1) is 0 Å². The molecule has 0 saturated carbocycles. The largest absolute Gasteiger partial charge is 0.325 e. The third kappa shape index (κ3) is 2.52. The number of carbonyl (C=O) groups is 1. The first-order valence-electron chi connectivity index (χ1n) is 5.55. The van der Waals surface area contributed by atoms with Crippen LogP contribution >= 0.6 is 0 Å². The van der Waals surface area contributed by atoms with Crippen molar-refractivity contribution in [3.8, 4) is 0 Å². The third-order valence-electron chi connectivity index (χ3n) is 2.61. The first-order valence-corrected chi connectivity index (χ1v) is 5.55. The van der Waals surface area contributed by atoms with Crippen molar-refractivity contribution < 1.29 is 4.79 Å². The molecule has 0 aliphatic heterocycles. The molecule has 5 heteroatoms. The first kappa shape index (κ1) is 12.2. The molecule has 0 unspecified atom stereocenters. The zero-order valence-corrected chi connectivity index (χ0v) is 10.1. The van der Waals surface area contributed by atoms with Crippen LogP contribution in [0.3, 0.4) is 0 Å². The number of rotatable bonds is 3. The SMILES string of the molecule is CN(C(=O)c1ccnc(CN)c1)c1cccnc1. The van der Waals surface area contributed by atoms with Gasteiger partial charge in [-0.2, -0.15) is 0 Å². The van der Waals surface area contributed by atoms with Gasteiger partial charge in [-0.3, -0.25) is 14.8 Å². The molecular weight excluding hydrogens is 228 g/mol. The highest BCUT2D eigenvalue weighted by molar-refractivity contribution is 6.05. The maximum atomic E-state index is 12.2. The molecule has 18 heavy (non-hydrogen) atoms. The van der Waals surface area contributed by atoms with E-state index in [0.717, 1.165) is 5.69 Å². The van der Waals surface area contributed by atoms with E-state index in [1.165, 1.54) is 0 Å². The lowest BCUT2D eigenvalue weighted by Gasteiger charge is -2.16. The smallest absolute Gasteiger partial charge is 0.258 e. The zero-order chi connectivity index (χ0) is 13.0. The Labute approximate surface area is 105 Å². The number of hydrogen-bond acceptors (Lipinski definition) is 4. The van der Waals surface area contributed by atoms with E-state index in [9.17, 15) is 4.79 Å². The average molecular weight is 242 g/mol. The lowest BCUT2D eigenvalue weighted by molar-refractivity contribution is 0.0992. The maximum Gasteiger partial charge on any atom is 0.258 e. The van der Waals surface area contributed by atoms with Crippen LogP contribution in [0.25, 0.3) is 0 Å². The summed E-state index contributed by atoms with van der Waals surface area (Å²) in [6.07, 6.45) is 4.90. The van der Waals surface area contributed by atoms with Gasteiger partial charge in [0.1, 0.15) is 0 Å². The molecule has 92 valence electrons. The molecule has 2 rings (SSSR count). The number of nitrogens with two attached hydrogens (primary N) is 1. The molecule has 0 spiro atoms. The molecule has 0 fully saturated rings. The molecule has 0 radical (unpaired) electrons. The molecule has 0 aromatic carbocycles. The van der Waals surface area contributed by atoms with Crippen LogP contribution in [0.5, 0.6) is 0 Å². The minimum atomic E-state index is -0.111. The van der Waals surface area contributed by atoms with Crippen LogP contribution in [0.2, 0.25) is 0 Å². The van der Waals surface area contributed by atoms with Crippen LogP contribution in [-0.4, -0.2) is 22.9 Å². The van der Waals surface area contributed by atoms with E-state index in [-0.39, 0.29) is 5.91 Å². The summed E-state index contributed by atoms with van der Waals surface area (Å²) < 4.78 is 0. The quantitative estimate of drug-likeness (QED) is 0.878. The van der Waals surface area contributed by atoms with Crippen molar-refractivity contribution >= 4 is 11.6 Å². The molecule has 0 aliphatic rings. The standard InChI is InChI=1S/C13H14N4O/c1-17(12-3-2-5-15-9-12)13(18)10-4-6-16-11(7-10)8-14/h2-7,9H,8,14H2,1H3. The Morgan fingerprint density at radius 2 is 2.22 bits per heavy atom. The van der Waals surface area contributed by atoms with E-state index in [0.29, 0.717) is 17.8 Å². The summed E-state index contributed by atoms with van der Waals surface area (Å²) in [7, 11) is 1.71. The monoisotopic (exact) mass is 242 g/mol. The molecule has 2 N–H and O–H groups in total. The second kappa shape index (κ2) is 5.37. The summed E-state index contributed by atoms with van der Waals surface area (Å²) in [5.41, 5.74) is 7.51. The van der Waals surface area contributed by atoms with Gasteiger partial charge in [0.25, 0.3) is 5.91 Å². The van der Waals surface area contributed by atoms with Crippen LogP contribution in [0.15, 0.2) is 42.9 Å². The summed E-state index contributed by atoms with van der Waals surface area (Å²) in [6, 6.07) is 7.00. The number of nitrogens with zero attached hydrogens (tertiary/aromatic N) is 3. The first-order chi connectivity index (χ1) is 8.72. The molecule has 0 aliphatic carbocycles. The normalized spacial score (nSPS) is 10.1. The van der Waals surface area contributed by atoms with E-state index in [4.69, 9.17) is 5.73 Å². The van der Waals surface area contributed by atoms with E-state index < -0.39 is 0 Å². The molecule has 0 saturated heterocycles. The summed E-state index contributed by atoms with van der Waals surface area (Å²) >= 11 is 0. The zero-order valence-electron chi connectivity index (χ0n) is 10.1. The Kier molecular flexibility index (Phi) is 3.64. The molecule has 1 amide bonds. The van der Waals surface area contributed by atoms with Gasteiger partial charge < -0.3 is 10.6 Å². The Hall–Kier alpha value is -2.27. The molecule has 2 aromatic rings. The van der Waals surface area contributed by atoms with Gasteiger partial charge in [-0.1, -0.05) is 0 Å².